The second kappa shape index (κ2) is 10.7. The first kappa shape index (κ1) is 17.4. The van der Waals surface area contributed by atoms with Crippen LogP contribution in [0.25, 0.3) is 0 Å². The molecule has 1 fully saturated rings. The van der Waals surface area contributed by atoms with Gasteiger partial charge in [-0.3, -0.25) is 0 Å². The second-order valence-electron chi connectivity index (χ2n) is 6.00. The van der Waals surface area contributed by atoms with Crippen molar-refractivity contribution in [3.63, 3.8) is 0 Å². The first-order valence-corrected chi connectivity index (χ1v) is 8.49. The third-order valence-electron chi connectivity index (χ3n) is 4.08. The van der Waals surface area contributed by atoms with Crippen molar-refractivity contribution in [2.45, 2.75) is 13.0 Å². The number of hydrogen-bond acceptors (Lipinski definition) is 5. The van der Waals surface area contributed by atoms with Crippen LogP contribution in [0.1, 0.15) is 11.1 Å². The molecule has 124 valence electrons. The predicted octanol–water partition coefficient (Wildman–Crippen LogP) is -0.324. The highest BCUT2D eigenvalue weighted by Crippen LogP contribution is 2.10. The third-order valence-corrected chi connectivity index (χ3v) is 4.08. The van der Waals surface area contributed by atoms with E-state index in [2.05, 4.69) is 45.5 Å². The van der Waals surface area contributed by atoms with Gasteiger partial charge in [0.25, 0.3) is 0 Å². The van der Waals surface area contributed by atoms with Crippen LogP contribution in [-0.4, -0.2) is 52.4 Å². The van der Waals surface area contributed by atoms with E-state index in [1.807, 2.05) is 0 Å². The lowest BCUT2D eigenvalue weighted by Crippen LogP contribution is -2.36. The summed E-state index contributed by atoms with van der Waals surface area (Å²) < 4.78 is 0. The maximum Gasteiger partial charge on any atom is 0.0178 e. The summed E-state index contributed by atoms with van der Waals surface area (Å²) in [7, 11) is 0. The van der Waals surface area contributed by atoms with Crippen molar-refractivity contribution in [3.05, 3.63) is 35.4 Å². The summed E-state index contributed by atoms with van der Waals surface area (Å²) in [6.07, 6.45) is 1.10. The Labute approximate surface area is 134 Å². The molecule has 1 aliphatic rings. The zero-order chi connectivity index (χ0) is 15.5. The van der Waals surface area contributed by atoms with E-state index >= 15 is 0 Å². The Morgan fingerprint density at radius 2 is 1.18 bits per heavy atom. The lowest BCUT2D eigenvalue weighted by molar-refractivity contribution is 0.441. The van der Waals surface area contributed by atoms with Crippen LogP contribution >= 0.6 is 0 Å². The molecule has 0 spiro atoms. The topological polar surface area (TPSA) is 74.1 Å². The minimum Gasteiger partial charge on any atom is -0.326 e. The zero-order valence-corrected chi connectivity index (χ0v) is 13.5. The summed E-state index contributed by atoms with van der Waals surface area (Å²) in [5.41, 5.74) is 8.26. The van der Waals surface area contributed by atoms with Gasteiger partial charge >= 0.3 is 0 Å². The van der Waals surface area contributed by atoms with Crippen LogP contribution in [0, 0.1) is 5.92 Å². The molecular formula is C17H31N5. The molecule has 22 heavy (non-hydrogen) atoms. The molecule has 0 unspecified atom stereocenters. The molecule has 0 atom stereocenters. The van der Waals surface area contributed by atoms with Crippen LogP contribution in [0.4, 0.5) is 0 Å². The number of rotatable bonds is 3. The van der Waals surface area contributed by atoms with Crippen molar-refractivity contribution >= 4 is 0 Å². The Hall–Kier alpha value is -0.980. The van der Waals surface area contributed by atoms with Gasteiger partial charge in [-0.2, -0.15) is 0 Å². The predicted molar refractivity (Wildman–Crippen MR) is 93.0 cm³/mol. The fourth-order valence-electron chi connectivity index (χ4n) is 2.75. The summed E-state index contributed by atoms with van der Waals surface area (Å²) in [4.78, 5) is 0. The lowest BCUT2D eigenvalue weighted by atomic mass is 9.98. The van der Waals surface area contributed by atoms with Gasteiger partial charge in [-0.15, -0.1) is 0 Å². The van der Waals surface area contributed by atoms with Crippen molar-refractivity contribution < 1.29 is 0 Å². The Balaban J connectivity index is 1.83. The molecule has 0 amide bonds. The number of hydrogen-bond donors (Lipinski definition) is 5. The molecule has 0 radical (unpaired) electrons. The number of nitrogens with two attached hydrogens (primary N) is 1. The van der Waals surface area contributed by atoms with E-state index in [0.717, 1.165) is 58.8 Å². The van der Waals surface area contributed by atoms with Gasteiger partial charge in [0.05, 0.1) is 0 Å². The van der Waals surface area contributed by atoms with Crippen LogP contribution in [0.2, 0.25) is 0 Å². The van der Waals surface area contributed by atoms with Crippen LogP contribution in [0.3, 0.4) is 0 Å². The molecule has 0 saturated carbocycles. The molecule has 6 N–H and O–H groups in total. The van der Waals surface area contributed by atoms with Gasteiger partial charge in [0.1, 0.15) is 0 Å². The zero-order valence-electron chi connectivity index (χ0n) is 13.5. The molecule has 1 heterocycles. The summed E-state index contributed by atoms with van der Waals surface area (Å²) in [5, 5.41) is 14.0. The Kier molecular flexibility index (Phi) is 8.45. The van der Waals surface area contributed by atoms with Gasteiger partial charge in [-0.05, 0) is 36.6 Å². The number of benzene rings is 1. The Morgan fingerprint density at radius 1 is 0.727 bits per heavy atom. The smallest absolute Gasteiger partial charge is 0.0178 e. The molecule has 1 saturated heterocycles. The van der Waals surface area contributed by atoms with Gasteiger partial charge in [-0.1, -0.05) is 24.3 Å². The van der Waals surface area contributed by atoms with E-state index in [4.69, 9.17) is 5.73 Å². The fraction of sp³-hybridized carbons (Fsp3) is 0.647. The second-order valence-corrected chi connectivity index (χ2v) is 6.00. The average Bonchev–Trinajstić information content (AvgIpc) is 2.58. The van der Waals surface area contributed by atoms with Crippen LogP contribution < -0.4 is 27.0 Å². The first-order chi connectivity index (χ1) is 10.9. The van der Waals surface area contributed by atoms with E-state index in [9.17, 15) is 0 Å². The van der Waals surface area contributed by atoms with Crippen molar-refractivity contribution in [1.29, 1.82) is 0 Å². The van der Waals surface area contributed by atoms with Gasteiger partial charge in [-0.25, -0.2) is 0 Å². The minimum absolute atomic E-state index is 0.615. The molecule has 1 aliphatic heterocycles. The van der Waals surface area contributed by atoms with Gasteiger partial charge in [0, 0.05) is 45.8 Å². The molecule has 0 bridgehead atoms. The maximum absolute atomic E-state index is 5.66. The standard InChI is InChI=1S/C17H31N5/c18-12-16-3-1-15(2-4-16)11-17-13-21-9-7-19-5-6-20-8-10-22-14-17/h1-4,17,19-22H,5-14,18H2. The first-order valence-electron chi connectivity index (χ1n) is 8.49. The third kappa shape index (κ3) is 6.85. The van der Waals surface area contributed by atoms with Crippen LogP contribution in [-0.2, 0) is 13.0 Å². The van der Waals surface area contributed by atoms with Crippen LogP contribution in [0.5, 0.6) is 0 Å². The molecule has 0 aliphatic carbocycles. The SMILES string of the molecule is NCc1ccc(CC2CNCCNCCNCCNC2)cc1. The maximum atomic E-state index is 5.66. The molecule has 5 heteroatoms. The van der Waals surface area contributed by atoms with E-state index in [0.29, 0.717) is 12.5 Å². The lowest BCUT2D eigenvalue weighted by Gasteiger charge is -2.19. The largest absolute Gasteiger partial charge is 0.326 e. The van der Waals surface area contributed by atoms with Gasteiger partial charge in [0.15, 0.2) is 0 Å². The van der Waals surface area contributed by atoms with Crippen molar-refractivity contribution in [2.24, 2.45) is 11.7 Å². The summed E-state index contributed by atoms with van der Waals surface area (Å²) in [6, 6.07) is 8.71. The quantitative estimate of drug-likeness (QED) is 0.529. The molecule has 0 aromatic heterocycles. The van der Waals surface area contributed by atoms with E-state index in [-0.39, 0.29) is 0 Å². The monoisotopic (exact) mass is 305 g/mol. The molecular weight excluding hydrogens is 274 g/mol. The summed E-state index contributed by atoms with van der Waals surface area (Å²) >= 11 is 0. The van der Waals surface area contributed by atoms with Gasteiger partial charge in [0.2, 0.25) is 0 Å². The summed E-state index contributed by atoms with van der Waals surface area (Å²) in [5.74, 6) is 0.615. The van der Waals surface area contributed by atoms with Crippen molar-refractivity contribution in [1.82, 2.24) is 21.3 Å². The minimum atomic E-state index is 0.615. The molecule has 1 aromatic rings. The Bertz CT molecular complexity index is 379. The van der Waals surface area contributed by atoms with E-state index in [1.165, 1.54) is 11.1 Å². The normalized spacial score (nSPS) is 19.9. The molecule has 5 nitrogen and oxygen atoms in total. The fourth-order valence-corrected chi connectivity index (χ4v) is 2.75. The van der Waals surface area contributed by atoms with E-state index < -0.39 is 0 Å². The van der Waals surface area contributed by atoms with E-state index in [1.54, 1.807) is 0 Å². The van der Waals surface area contributed by atoms with Crippen molar-refractivity contribution in [3.8, 4) is 0 Å². The molecule has 2 rings (SSSR count). The van der Waals surface area contributed by atoms with Crippen molar-refractivity contribution in [2.75, 3.05) is 52.4 Å². The van der Waals surface area contributed by atoms with Gasteiger partial charge < -0.3 is 27.0 Å². The highest BCUT2D eigenvalue weighted by molar-refractivity contribution is 5.22. The number of nitrogens with one attached hydrogen (secondary N) is 4. The summed E-state index contributed by atoms with van der Waals surface area (Å²) in [6.45, 7) is 8.94. The highest BCUT2D eigenvalue weighted by Gasteiger charge is 2.10. The van der Waals surface area contributed by atoms with Crippen LogP contribution in [0.15, 0.2) is 24.3 Å². The Morgan fingerprint density at radius 3 is 1.68 bits per heavy atom. The molecule has 1 aromatic carbocycles. The highest BCUT2D eigenvalue weighted by atomic mass is 15.0. The average molecular weight is 305 g/mol.